The third-order valence-electron chi connectivity index (χ3n) is 5.60. The second kappa shape index (κ2) is 10.3. The van der Waals surface area contributed by atoms with E-state index in [1.54, 1.807) is 44.2 Å². The Labute approximate surface area is 200 Å². The topological polar surface area (TPSA) is 91.2 Å². The SMILES string of the molecule is C/C=C(/C)OC(=O)N[C@H]1CC[C@H](Oc2nc(Cl)cc(-n3c(C(F)F)nc4ccccc43)n2)CC1. The van der Waals surface area contributed by atoms with Gasteiger partial charge in [0.2, 0.25) is 0 Å². The summed E-state index contributed by atoms with van der Waals surface area (Å²) in [6.45, 7) is 3.50. The zero-order chi connectivity index (χ0) is 24.2. The van der Waals surface area contributed by atoms with Gasteiger partial charge in [-0.3, -0.25) is 4.57 Å². The number of carbonyl (C=O) groups is 1. The zero-order valence-electron chi connectivity index (χ0n) is 18.7. The summed E-state index contributed by atoms with van der Waals surface area (Å²) in [5.41, 5.74) is 0.897. The third kappa shape index (κ3) is 5.44. The quantitative estimate of drug-likeness (QED) is 0.349. The van der Waals surface area contributed by atoms with Crippen molar-refractivity contribution < 1.29 is 23.0 Å². The summed E-state index contributed by atoms with van der Waals surface area (Å²) in [6, 6.07) is 8.16. The van der Waals surface area contributed by atoms with Gasteiger partial charge in [0.05, 0.1) is 11.0 Å². The Hall–Kier alpha value is -3.27. The number of hydrogen-bond donors (Lipinski definition) is 1. The first kappa shape index (κ1) is 23.9. The molecule has 1 N–H and O–H groups in total. The van der Waals surface area contributed by atoms with E-state index in [4.69, 9.17) is 21.1 Å². The van der Waals surface area contributed by atoms with Crippen molar-refractivity contribution in [1.29, 1.82) is 0 Å². The third-order valence-corrected chi connectivity index (χ3v) is 5.79. The van der Waals surface area contributed by atoms with Crippen LogP contribution < -0.4 is 10.1 Å². The molecule has 1 fully saturated rings. The lowest BCUT2D eigenvalue weighted by molar-refractivity contribution is 0.121. The van der Waals surface area contributed by atoms with Crippen LogP contribution >= 0.6 is 11.6 Å². The van der Waals surface area contributed by atoms with Gasteiger partial charge >= 0.3 is 12.1 Å². The molecule has 0 spiro atoms. The number of carbonyl (C=O) groups excluding carboxylic acids is 1. The second-order valence-electron chi connectivity index (χ2n) is 7.95. The molecule has 0 aliphatic heterocycles. The number of halogens is 3. The highest BCUT2D eigenvalue weighted by molar-refractivity contribution is 6.29. The van der Waals surface area contributed by atoms with Crippen molar-refractivity contribution in [3.63, 3.8) is 0 Å². The summed E-state index contributed by atoms with van der Waals surface area (Å²) in [5, 5.41) is 2.91. The van der Waals surface area contributed by atoms with Gasteiger partial charge in [-0.2, -0.15) is 9.97 Å². The van der Waals surface area contributed by atoms with Crippen molar-refractivity contribution in [1.82, 2.24) is 24.8 Å². The summed E-state index contributed by atoms with van der Waals surface area (Å²) in [7, 11) is 0. The molecule has 2 heterocycles. The van der Waals surface area contributed by atoms with Crippen molar-refractivity contribution in [3.8, 4) is 11.8 Å². The minimum absolute atomic E-state index is 0.0000223. The minimum atomic E-state index is -2.81. The average Bonchev–Trinajstić information content (AvgIpc) is 3.20. The Morgan fingerprint density at radius 1 is 1.21 bits per heavy atom. The molecule has 1 aliphatic rings. The molecule has 0 atom stereocenters. The number of ether oxygens (including phenoxy) is 2. The largest absolute Gasteiger partial charge is 0.460 e. The molecule has 180 valence electrons. The highest BCUT2D eigenvalue weighted by Gasteiger charge is 2.26. The molecule has 3 aromatic rings. The first-order valence-corrected chi connectivity index (χ1v) is 11.3. The number of hydrogen-bond acceptors (Lipinski definition) is 6. The number of nitrogens with zero attached hydrogens (tertiary/aromatic N) is 4. The summed E-state index contributed by atoms with van der Waals surface area (Å²) in [5.74, 6) is 0.245. The first-order valence-electron chi connectivity index (χ1n) is 10.9. The Balaban J connectivity index is 1.47. The van der Waals surface area contributed by atoms with Crippen molar-refractivity contribution in [3.05, 3.63) is 53.1 Å². The van der Waals surface area contributed by atoms with Crippen LogP contribution in [0.2, 0.25) is 5.15 Å². The van der Waals surface area contributed by atoms with E-state index < -0.39 is 18.3 Å². The lowest BCUT2D eigenvalue weighted by atomic mass is 9.93. The number of para-hydroxylation sites is 2. The van der Waals surface area contributed by atoms with Gasteiger partial charge in [0, 0.05) is 12.1 Å². The van der Waals surface area contributed by atoms with E-state index >= 15 is 0 Å². The van der Waals surface area contributed by atoms with E-state index in [1.807, 2.05) is 0 Å². The number of imidazole rings is 1. The number of nitrogens with one attached hydrogen (secondary N) is 1. The molecule has 4 rings (SSSR count). The number of rotatable bonds is 6. The predicted octanol–water partition coefficient (Wildman–Crippen LogP) is 5.75. The molecule has 0 saturated heterocycles. The molecule has 0 unspecified atom stereocenters. The summed E-state index contributed by atoms with van der Waals surface area (Å²) in [6.07, 6.45) is 0.881. The van der Waals surface area contributed by atoms with Gasteiger partial charge in [-0.05, 0) is 57.7 Å². The van der Waals surface area contributed by atoms with E-state index in [0.29, 0.717) is 42.5 Å². The molecule has 11 heteroatoms. The fourth-order valence-electron chi connectivity index (χ4n) is 3.86. The predicted molar refractivity (Wildman–Crippen MR) is 122 cm³/mol. The zero-order valence-corrected chi connectivity index (χ0v) is 19.4. The van der Waals surface area contributed by atoms with Crippen molar-refractivity contribution in [2.45, 2.75) is 58.1 Å². The van der Waals surface area contributed by atoms with E-state index in [1.165, 1.54) is 10.6 Å². The molecule has 1 amide bonds. The maximum atomic E-state index is 13.7. The van der Waals surface area contributed by atoms with Gasteiger partial charge in [0.1, 0.15) is 22.8 Å². The Kier molecular flexibility index (Phi) is 7.26. The molecule has 8 nitrogen and oxygen atoms in total. The summed E-state index contributed by atoms with van der Waals surface area (Å²) < 4.78 is 39.8. The standard InChI is InChI=1S/C23H24ClF2N5O3/c1-3-13(2)33-23(32)27-14-8-10-15(11-9-14)34-22-29-18(24)12-19(30-22)31-17-7-5-4-6-16(17)28-21(31)20(25)26/h3-7,12,14-15,20H,8-11H2,1-2H3,(H,27,32)/b13-3-/t14-,15-. The second-order valence-corrected chi connectivity index (χ2v) is 8.34. The highest BCUT2D eigenvalue weighted by Crippen LogP contribution is 2.29. The van der Waals surface area contributed by atoms with Crippen LogP contribution in [0.1, 0.15) is 51.8 Å². The molecule has 34 heavy (non-hydrogen) atoms. The number of allylic oxidation sites excluding steroid dienone is 2. The minimum Gasteiger partial charge on any atom is -0.460 e. The van der Waals surface area contributed by atoms with Gasteiger partial charge < -0.3 is 14.8 Å². The van der Waals surface area contributed by atoms with Gasteiger partial charge in [-0.1, -0.05) is 23.7 Å². The fourth-order valence-corrected chi connectivity index (χ4v) is 4.03. The van der Waals surface area contributed by atoms with Crippen LogP contribution in [0.15, 0.2) is 42.2 Å². The van der Waals surface area contributed by atoms with Gasteiger partial charge in [-0.25, -0.2) is 18.6 Å². The Morgan fingerprint density at radius 3 is 2.65 bits per heavy atom. The van der Waals surface area contributed by atoms with Crippen molar-refractivity contribution in [2.75, 3.05) is 0 Å². The van der Waals surface area contributed by atoms with Crippen LogP contribution in [0.25, 0.3) is 16.9 Å². The van der Waals surface area contributed by atoms with E-state index in [-0.39, 0.29) is 29.1 Å². The summed E-state index contributed by atoms with van der Waals surface area (Å²) >= 11 is 6.18. The first-order chi connectivity index (χ1) is 16.3. The lowest BCUT2D eigenvalue weighted by Gasteiger charge is -2.28. The maximum Gasteiger partial charge on any atom is 0.412 e. The Morgan fingerprint density at radius 2 is 1.94 bits per heavy atom. The average molecular weight is 492 g/mol. The van der Waals surface area contributed by atoms with Gasteiger partial charge in [-0.15, -0.1) is 0 Å². The molecular formula is C23H24ClF2N5O3. The number of benzene rings is 1. The molecule has 1 aliphatic carbocycles. The Bertz CT molecular complexity index is 1210. The van der Waals surface area contributed by atoms with E-state index in [9.17, 15) is 13.6 Å². The highest BCUT2D eigenvalue weighted by atomic mass is 35.5. The van der Waals surface area contributed by atoms with E-state index in [0.717, 1.165) is 0 Å². The number of amides is 1. The normalized spacial score (nSPS) is 18.8. The molecule has 1 aromatic carbocycles. The van der Waals surface area contributed by atoms with Crippen LogP contribution in [0.3, 0.4) is 0 Å². The van der Waals surface area contributed by atoms with Gasteiger partial charge in [0.25, 0.3) is 6.43 Å². The maximum absolute atomic E-state index is 13.7. The van der Waals surface area contributed by atoms with Gasteiger partial charge in [0.15, 0.2) is 5.82 Å². The van der Waals surface area contributed by atoms with Crippen LogP contribution in [-0.4, -0.2) is 37.8 Å². The molecule has 0 radical (unpaired) electrons. The monoisotopic (exact) mass is 491 g/mol. The molecule has 2 aromatic heterocycles. The van der Waals surface area contributed by atoms with Crippen molar-refractivity contribution in [2.24, 2.45) is 0 Å². The summed E-state index contributed by atoms with van der Waals surface area (Å²) in [4.78, 5) is 24.4. The number of alkyl carbamates (subject to hydrolysis) is 1. The van der Waals surface area contributed by atoms with Crippen LogP contribution in [0.5, 0.6) is 6.01 Å². The fraction of sp³-hybridized carbons (Fsp3) is 0.391. The van der Waals surface area contributed by atoms with E-state index in [2.05, 4.69) is 20.3 Å². The molecule has 0 bridgehead atoms. The van der Waals surface area contributed by atoms with Crippen LogP contribution in [0.4, 0.5) is 13.6 Å². The number of alkyl halides is 2. The smallest absolute Gasteiger partial charge is 0.412 e. The molecule has 1 saturated carbocycles. The molecular weight excluding hydrogens is 468 g/mol. The van der Waals surface area contributed by atoms with Crippen LogP contribution in [0, 0.1) is 0 Å². The lowest BCUT2D eigenvalue weighted by Crippen LogP contribution is -2.39. The number of fused-ring (bicyclic) bond motifs is 1. The number of aromatic nitrogens is 4. The van der Waals surface area contributed by atoms with Crippen molar-refractivity contribution >= 4 is 28.7 Å². The van der Waals surface area contributed by atoms with Crippen LogP contribution in [-0.2, 0) is 4.74 Å².